The maximum Gasteiger partial charge on any atom is 0.335 e. The lowest BCUT2D eigenvalue weighted by Gasteiger charge is -2.46. The highest BCUT2D eigenvalue weighted by Gasteiger charge is 2.46. The Morgan fingerprint density at radius 3 is 2.55 bits per heavy atom. The van der Waals surface area contributed by atoms with Crippen molar-refractivity contribution >= 4 is 23.2 Å². The number of carbonyl (C=O) groups excluding carboxylic acids is 1. The first-order chi connectivity index (χ1) is 9.21. The molecule has 0 spiro atoms. The number of aryl methyl sites for hydroxylation is 1. The van der Waals surface area contributed by atoms with Gasteiger partial charge in [0, 0.05) is 15.3 Å². The number of aliphatic carboxylic acids is 1. The van der Waals surface area contributed by atoms with Crippen LogP contribution in [0, 0.1) is 6.92 Å². The highest BCUT2D eigenvalue weighted by molar-refractivity contribution is 7.12. The summed E-state index contributed by atoms with van der Waals surface area (Å²) in [7, 11) is 0. The highest BCUT2D eigenvalue weighted by Crippen LogP contribution is 2.38. The van der Waals surface area contributed by atoms with Gasteiger partial charge in [-0.15, -0.1) is 11.3 Å². The second kappa shape index (κ2) is 5.18. The molecule has 0 unspecified atom stereocenters. The van der Waals surface area contributed by atoms with Gasteiger partial charge in [0.25, 0.3) is 0 Å². The Kier molecular flexibility index (Phi) is 3.88. The van der Waals surface area contributed by atoms with Crippen molar-refractivity contribution in [3.63, 3.8) is 0 Å². The average molecular weight is 297 g/mol. The van der Waals surface area contributed by atoms with E-state index in [1.165, 1.54) is 11.3 Å². The molecule has 0 radical (unpaired) electrons. The summed E-state index contributed by atoms with van der Waals surface area (Å²) in [6.07, 6.45) is -1.02. The van der Waals surface area contributed by atoms with Crippen molar-refractivity contribution in [1.29, 1.82) is 0 Å². The molecule has 0 saturated carbocycles. The summed E-state index contributed by atoms with van der Waals surface area (Å²) in [4.78, 5) is 27.2. The van der Waals surface area contributed by atoms with Gasteiger partial charge in [-0.1, -0.05) is 0 Å². The third kappa shape index (κ3) is 2.71. The molecule has 1 aliphatic heterocycles. The van der Waals surface area contributed by atoms with Crippen LogP contribution in [0.1, 0.15) is 36.6 Å². The summed E-state index contributed by atoms with van der Waals surface area (Å²) in [5.74, 6) is -1.21. The minimum absolute atomic E-state index is 0.175. The van der Waals surface area contributed by atoms with Gasteiger partial charge in [-0.3, -0.25) is 4.79 Å². The van der Waals surface area contributed by atoms with E-state index in [-0.39, 0.29) is 12.5 Å². The van der Waals surface area contributed by atoms with Crippen molar-refractivity contribution < 1.29 is 19.4 Å². The number of morpholine rings is 1. The number of carboxylic acids is 1. The van der Waals surface area contributed by atoms with Gasteiger partial charge in [-0.05, 0) is 39.8 Å². The Hall–Kier alpha value is -1.40. The maximum atomic E-state index is 12.2. The van der Waals surface area contributed by atoms with Crippen molar-refractivity contribution in [2.24, 2.45) is 0 Å². The maximum absolute atomic E-state index is 12.2. The third-order valence-corrected chi connectivity index (χ3v) is 4.31. The molecule has 2 atom stereocenters. The molecule has 1 fully saturated rings. The fourth-order valence-electron chi connectivity index (χ4n) is 2.50. The Bertz CT molecular complexity index is 532. The van der Waals surface area contributed by atoms with Crippen LogP contribution in [0.2, 0.25) is 0 Å². The van der Waals surface area contributed by atoms with Crippen LogP contribution in [-0.4, -0.2) is 40.1 Å². The number of hydrogen-bond acceptors (Lipinski definition) is 4. The topological polar surface area (TPSA) is 66.8 Å². The van der Waals surface area contributed by atoms with E-state index in [1.54, 1.807) is 4.90 Å². The standard InChI is InChI=1S/C14H19NO4S/c1-8-5-6-9(20-8)11-12(13(17)18)19-7-10(16)15(11)14(2,3)4/h5-6,11-12H,7H2,1-4H3,(H,17,18)/t11-,12+/m1/s1. The molecule has 0 bridgehead atoms. The van der Waals surface area contributed by atoms with Crippen LogP contribution in [0.25, 0.3) is 0 Å². The van der Waals surface area contributed by atoms with Crippen molar-refractivity contribution in [3.8, 4) is 0 Å². The monoisotopic (exact) mass is 297 g/mol. The first-order valence-corrected chi connectivity index (χ1v) is 7.26. The van der Waals surface area contributed by atoms with Gasteiger partial charge in [0.05, 0.1) is 0 Å². The lowest BCUT2D eigenvalue weighted by molar-refractivity contribution is -0.179. The average Bonchev–Trinajstić information content (AvgIpc) is 2.73. The van der Waals surface area contributed by atoms with Gasteiger partial charge < -0.3 is 14.7 Å². The van der Waals surface area contributed by atoms with E-state index in [9.17, 15) is 14.7 Å². The van der Waals surface area contributed by atoms with Crippen molar-refractivity contribution in [3.05, 3.63) is 21.9 Å². The fraction of sp³-hybridized carbons (Fsp3) is 0.571. The van der Waals surface area contributed by atoms with Gasteiger partial charge in [-0.25, -0.2) is 4.79 Å². The van der Waals surface area contributed by atoms with E-state index in [0.29, 0.717) is 0 Å². The first-order valence-electron chi connectivity index (χ1n) is 6.44. The van der Waals surface area contributed by atoms with E-state index < -0.39 is 23.7 Å². The number of carboxylic acid groups (broad SMARTS) is 1. The van der Waals surface area contributed by atoms with Crippen LogP contribution in [0.15, 0.2) is 12.1 Å². The van der Waals surface area contributed by atoms with Crippen molar-refractivity contribution in [1.82, 2.24) is 4.90 Å². The first kappa shape index (κ1) is 15.0. The number of nitrogens with zero attached hydrogens (tertiary/aromatic N) is 1. The Labute approximate surface area is 122 Å². The van der Waals surface area contributed by atoms with E-state index in [2.05, 4.69) is 0 Å². The molecule has 1 saturated heterocycles. The van der Waals surface area contributed by atoms with Crippen LogP contribution < -0.4 is 0 Å². The molecule has 20 heavy (non-hydrogen) atoms. The molecule has 110 valence electrons. The predicted molar refractivity (Wildman–Crippen MR) is 75.8 cm³/mol. The molecule has 1 amide bonds. The molecule has 1 N–H and O–H groups in total. The summed E-state index contributed by atoms with van der Waals surface area (Å²) in [5.41, 5.74) is -0.461. The number of carbonyl (C=O) groups is 2. The quantitative estimate of drug-likeness (QED) is 0.909. The third-order valence-electron chi connectivity index (χ3n) is 3.24. The molecule has 1 aromatic rings. The van der Waals surface area contributed by atoms with Crippen LogP contribution in [-0.2, 0) is 14.3 Å². The zero-order valence-electron chi connectivity index (χ0n) is 12.0. The number of rotatable bonds is 2. The Morgan fingerprint density at radius 1 is 1.45 bits per heavy atom. The minimum atomic E-state index is -1.04. The van der Waals surface area contributed by atoms with Gasteiger partial charge in [0.2, 0.25) is 5.91 Å². The molecule has 1 aromatic heterocycles. The van der Waals surface area contributed by atoms with Gasteiger partial charge in [0.1, 0.15) is 12.6 Å². The summed E-state index contributed by atoms with van der Waals surface area (Å²) in [5, 5.41) is 9.39. The number of ether oxygens (including phenoxy) is 1. The normalized spacial score (nSPS) is 24.0. The molecule has 1 aliphatic rings. The second-order valence-electron chi connectivity index (χ2n) is 5.90. The highest BCUT2D eigenvalue weighted by atomic mass is 32.1. The molecule has 0 aliphatic carbocycles. The largest absolute Gasteiger partial charge is 0.479 e. The lowest BCUT2D eigenvalue weighted by atomic mass is 9.96. The lowest BCUT2D eigenvalue weighted by Crippen LogP contribution is -2.58. The van der Waals surface area contributed by atoms with Crippen molar-refractivity contribution in [2.75, 3.05) is 6.61 Å². The summed E-state index contributed by atoms with van der Waals surface area (Å²) in [6.45, 7) is 7.49. The molecule has 6 heteroatoms. The minimum Gasteiger partial charge on any atom is -0.479 e. The van der Waals surface area contributed by atoms with Gasteiger partial charge in [-0.2, -0.15) is 0 Å². The summed E-state index contributed by atoms with van der Waals surface area (Å²) >= 11 is 1.50. The number of hydrogen-bond donors (Lipinski definition) is 1. The molecule has 0 aromatic carbocycles. The summed E-state index contributed by atoms with van der Waals surface area (Å²) in [6, 6.07) is 3.23. The van der Waals surface area contributed by atoms with Crippen LogP contribution in [0.5, 0.6) is 0 Å². The van der Waals surface area contributed by atoms with Gasteiger partial charge >= 0.3 is 5.97 Å². The van der Waals surface area contributed by atoms with E-state index in [4.69, 9.17) is 4.74 Å². The predicted octanol–water partition coefficient (Wildman–Crippen LogP) is 2.21. The smallest absolute Gasteiger partial charge is 0.335 e. The van der Waals surface area contributed by atoms with E-state index >= 15 is 0 Å². The number of thiophene rings is 1. The summed E-state index contributed by atoms with van der Waals surface area (Å²) < 4.78 is 5.27. The Balaban J connectivity index is 2.50. The van der Waals surface area contributed by atoms with E-state index in [0.717, 1.165) is 9.75 Å². The van der Waals surface area contributed by atoms with E-state index in [1.807, 2.05) is 39.8 Å². The molecule has 2 heterocycles. The van der Waals surface area contributed by atoms with Crippen LogP contribution in [0.4, 0.5) is 0 Å². The van der Waals surface area contributed by atoms with Crippen LogP contribution in [0.3, 0.4) is 0 Å². The fourth-order valence-corrected chi connectivity index (χ4v) is 3.49. The van der Waals surface area contributed by atoms with Crippen molar-refractivity contribution in [2.45, 2.75) is 45.4 Å². The van der Waals surface area contributed by atoms with Gasteiger partial charge in [0.15, 0.2) is 6.10 Å². The van der Waals surface area contributed by atoms with Crippen LogP contribution >= 0.6 is 11.3 Å². The molecule has 5 nitrogen and oxygen atoms in total. The number of amides is 1. The zero-order valence-corrected chi connectivity index (χ0v) is 12.9. The molecular formula is C14H19NO4S. The SMILES string of the molecule is Cc1ccc([C@@H]2[C@@H](C(=O)O)OCC(=O)N2C(C)(C)C)s1. The zero-order chi connectivity index (χ0) is 15.1. The Morgan fingerprint density at radius 2 is 2.10 bits per heavy atom. The molecule has 2 rings (SSSR count). The molecular weight excluding hydrogens is 278 g/mol. The second-order valence-corrected chi connectivity index (χ2v) is 7.22.